The molecule has 0 spiro atoms. The van der Waals surface area contributed by atoms with Crippen molar-refractivity contribution in [3.05, 3.63) is 23.6 Å². The van der Waals surface area contributed by atoms with Gasteiger partial charge < -0.3 is 15.2 Å². The molecule has 0 aromatic heterocycles. The second-order valence-electron chi connectivity index (χ2n) is 3.52. The minimum absolute atomic E-state index is 0.335. The highest BCUT2D eigenvalue weighted by atomic mass is 16.5. The smallest absolute Gasteiger partial charge is 0.145 e. The summed E-state index contributed by atoms with van der Waals surface area (Å²) in [4.78, 5) is 0. The predicted molar refractivity (Wildman–Crippen MR) is 60.5 cm³/mol. The van der Waals surface area contributed by atoms with Crippen molar-refractivity contribution in [1.29, 1.82) is 0 Å². The number of likely N-dealkylation sites (N-methyl/N-ethyl adjacent to an activating group) is 2. The van der Waals surface area contributed by atoms with Crippen molar-refractivity contribution >= 4 is 0 Å². The highest BCUT2D eigenvalue weighted by Gasteiger charge is 2.30. The summed E-state index contributed by atoms with van der Waals surface area (Å²) in [5.41, 5.74) is 0.223. The third-order valence-electron chi connectivity index (χ3n) is 2.47. The van der Waals surface area contributed by atoms with Crippen LogP contribution < -0.4 is 10.6 Å². The lowest BCUT2D eigenvalue weighted by Gasteiger charge is -2.33. The van der Waals surface area contributed by atoms with Gasteiger partial charge >= 0.3 is 0 Å². The first-order valence-electron chi connectivity index (χ1n) is 5.33. The van der Waals surface area contributed by atoms with Gasteiger partial charge in [0.1, 0.15) is 11.5 Å². The number of aliphatic hydroxyl groups excluding tert-OH is 1. The van der Waals surface area contributed by atoms with E-state index in [4.69, 9.17) is 4.74 Å². The van der Waals surface area contributed by atoms with Crippen molar-refractivity contribution in [2.24, 2.45) is 0 Å². The van der Waals surface area contributed by atoms with E-state index < -0.39 is 5.72 Å². The number of hydrogen-bond acceptors (Lipinski definition) is 4. The van der Waals surface area contributed by atoms with Crippen LogP contribution >= 0.6 is 0 Å². The molecule has 4 heteroatoms. The Balaban J connectivity index is 2.76. The highest BCUT2D eigenvalue weighted by Crippen LogP contribution is 2.25. The molecule has 0 heterocycles. The zero-order valence-electron chi connectivity index (χ0n) is 9.63. The van der Waals surface area contributed by atoms with Gasteiger partial charge in [-0.05, 0) is 25.6 Å². The molecule has 86 valence electrons. The molecule has 0 saturated carbocycles. The topological polar surface area (TPSA) is 53.5 Å². The molecule has 0 radical (unpaired) electrons. The van der Waals surface area contributed by atoms with Gasteiger partial charge in [-0.15, -0.1) is 0 Å². The van der Waals surface area contributed by atoms with Crippen LogP contribution in [-0.4, -0.2) is 31.0 Å². The lowest BCUT2D eigenvalue weighted by molar-refractivity contribution is -0.00498. The number of rotatable bonds is 5. The average Bonchev–Trinajstić information content (AvgIpc) is 2.23. The van der Waals surface area contributed by atoms with E-state index in [9.17, 15) is 5.11 Å². The molecule has 0 amide bonds. The van der Waals surface area contributed by atoms with Crippen molar-refractivity contribution in [2.75, 3.05) is 20.2 Å². The van der Waals surface area contributed by atoms with Crippen LogP contribution in [0.3, 0.4) is 0 Å². The quantitative estimate of drug-likeness (QED) is 0.601. The normalized spacial score (nSPS) is 25.8. The summed E-state index contributed by atoms with van der Waals surface area (Å²) in [6.07, 6.45) is 4.25. The minimum atomic E-state index is -0.558. The molecule has 1 aliphatic rings. The summed E-state index contributed by atoms with van der Waals surface area (Å²) >= 11 is 0. The molecule has 0 aromatic rings. The zero-order chi connectivity index (χ0) is 11.3. The maximum Gasteiger partial charge on any atom is 0.145 e. The third kappa shape index (κ3) is 2.73. The zero-order valence-corrected chi connectivity index (χ0v) is 9.63. The van der Waals surface area contributed by atoms with Gasteiger partial charge in [0.15, 0.2) is 0 Å². The van der Waals surface area contributed by atoms with Crippen LogP contribution in [0.25, 0.3) is 0 Å². The first-order valence-corrected chi connectivity index (χ1v) is 5.33. The van der Waals surface area contributed by atoms with E-state index in [-0.39, 0.29) is 0 Å². The Morgan fingerprint density at radius 2 is 2.20 bits per heavy atom. The average molecular weight is 212 g/mol. The molecular formula is C11H20N2O2. The largest absolute Gasteiger partial charge is 0.510 e. The molecule has 1 aliphatic carbocycles. The molecule has 1 atom stereocenters. The van der Waals surface area contributed by atoms with Crippen LogP contribution in [-0.2, 0) is 4.74 Å². The molecule has 4 nitrogen and oxygen atoms in total. The van der Waals surface area contributed by atoms with Crippen LogP contribution in [0.2, 0.25) is 0 Å². The van der Waals surface area contributed by atoms with Gasteiger partial charge in [0.25, 0.3) is 0 Å². The van der Waals surface area contributed by atoms with E-state index in [0.717, 1.165) is 18.8 Å². The fourth-order valence-corrected chi connectivity index (χ4v) is 1.70. The van der Waals surface area contributed by atoms with Crippen molar-refractivity contribution in [2.45, 2.75) is 26.0 Å². The van der Waals surface area contributed by atoms with Crippen LogP contribution in [0.15, 0.2) is 23.6 Å². The Kier molecular flexibility index (Phi) is 4.17. The molecule has 0 saturated heterocycles. The molecule has 1 rings (SSSR count). The molecule has 0 aromatic carbocycles. The second kappa shape index (κ2) is 5.19. The fraction of sp³-hybridized carbons (Fsp3) is 0.636. The second-order valence-corrected chi connectivity index (χ2v) is 3.52. The predicted octanol–water partition coefficient (Wildman–Crippen LogP) is 1.28. The van der Waals surface area contributed by atoms with E-state index in [2.05, 4.69) is 10.6 Å². The third-order valence-corrected chi connectivity index (χ3v) is 2.47. The summed E-state index contributed by atoms with van der Waals surface area (Å²) < 4.78 is 5.40. The van der Waals surface area contributed by atoms with Gasteiger partial charge in [-0.25, -0.2) is 0 Å². The number of methoxy groups -OCH3 is 1. The fourth-order valence-electron chi connectivity index (χ4n) is 1.70. The highest BCUT2D eigenvalue weighted by molar-refractivity contribution is 5.29. The van der Waals surface area contributed by atoms with Gasteiger partial charge in [0, 0.05) is 13.7 Å². The van der Waals surface area contributed by atoms with Crippen LogP contribution in [0, 0.1) is 0 Å². The summed E-state index contributed by atoms with van der Waals surface area (Å²) in [5.74, 6) is 0.335. The monoisotopic (exact) mass is 212 g/mol. The number of nitrogens with one attached hydrogen (secondary N) is 2. The van der Waals surface area contributed by atoms with Gasteiger partial charge in [0.2, 0.25) is 0 Å². The van der Waals surface area contributed by atoms with E-state index in [1.165, 1.54) is 0 Å². The summed E-state index contributed by atoms with van der Waals surface area (Å²) in [6, 6.07) is 0. The Hall–Kier alpha value is -1.00. The maximum absolute atomic E-state index is 9.84. The molecule has 0 bridgehead atoms. The van der Waals surface area contributed by atoms with Crippen molar-refractivity contribution < 1.29 is 9.84 Å². The molecule has 0 fully saturated rings. The minimum Gasteiger partial charge on any atom is -0.510 e. The summed E-state index contributed by atoms with van der Waals surface area (Å²) in [6.45, 7) is 5.60. The van der Waals surface area contributed by atoms with Crippen LogP contribution in [0.1, 0.15) is 20.3 Å². The lowest BCUT2D eigenvalue weighted by atomic mass is 10.0. The maximum atomic E-state index is 9.84. The molecule has 15 heavy (non-hydrogen) atoms. The van der Waals surface area contributed by atoms with E-state index in [1.54, 1.807) is 7.11 Å². The van der Waals surface area contributed by atoms with Gasteiger partial charge in [-0.3, -0.25) is 5.32 Å². The number of aliphatic hydroxyl groups is 1. The molecule has 0 aliphatic heterocycles. The number of allylic oxidation sites excluding steroid dienone is 1. The first-order chi connectivity index (χ1) is 7.17. The SMILES string of the molecule is CCNC1=C(O)CC(NCC)(OC)C=C1. The van der Waals surface area contributed by atoms with Gasteiger partial charge in [-0.1, -0.05) is 6.92 Å². The standard InChI is InChI=1S/C11H20N2O2/c1-4-12-9-6-7-11(15-3,13-5-2)8-10(9)14/h6-7,12-14H,4-5,8H2,1-3H3. The molecule has 3 N–H and O–H groups in total. The Morgan fingerprint density at radius 1 is 1.47 bits per heavy atom. The Morgan fingerprint density at radius 3 is 2.67 bits per heavy atom. The van der Waals surface area contributed by atoms with E-state index in [0.29, 0.717) is 12.2 Å². The Labute approximate surface area is 91.0 Å². The van der Waals surface area contributed by atoms with Crippen molar-refractivity contribution in [3.63, 3.8) is 0 Å². The number of ether oxygens (including phenoxy) is 1. The number of hydrogen-bond donors (Lipinski definition) is 3. The van der Waals surface area contributed by atoms with E-state index >= 15 is 0 Å². The van der Waals surface area contributed by atoms with Crippen LogP contribution in [0.4, 0.5) is 0 Å². The van der Waals surface area contributed by atoms with Gasteiger partial charge in [-0.2, -0.15) is 0 Å². The van der Waals surface area contributed by atoms with Gasteiger partial charge in [0.05, 0.1) is 12.1 Å². The Bertz CT molecular complexity index is 274. The first kappa shape index (κ1) is 12.1. The molecular weight excluding hydrogens is 192 g/mol. The molecule has 1 unspecified atom stereocenters. The van der Waals surface area contributed by atoms with Crippen molar-refractivity contribution in [1.82, 2.24) is 10.6 Å². The summed E-state index contributed by atoms with van der Waals surface area (Å²) in [7, 11) is 1.64. The summed E-state index contributed by atoms with van der Waals surface area (Å²) in [5, 5.41) is 16.1. The lowest BCUT2D eigenvalue weighted by Crippen LogP contribution is -2.47. The van der Waals surface area contributed by atoms with E-state index in [1.807, 2.05) is 26.0 Å². The van der Waals surface area contributed by atoms with Crippen LogP contribution in [0.5, 0.6) is 0 Å². The van der Waals surface area contributed by atoms with Crippen molar-refractivity contribution in [3.8, 4) is 0 Å².